The van der Waals surface area contributed by atoms with Gasteiger partial charge in [-0.25, -0.2) is 4.79 Å². The Morgan fingerprint density at radius 3 is 2.44 bits per heavy atom. The Balaban J connectivity index is 2.01. The lowest BCUT2D eigenvalue weighted by Gasteiger charge is -2.11. The molecule has 1 N–H and O–H groups in total. The van der Waals surface area contributed by atoms with E-state index in [4.69, 9.17) is 4.42 Å². The molecule has 0 aliphatic carbocycles. The number of carbonyl (C=O) groups excluding carboxylic acids is 1. The van der Waals surface area contributed by atoms with Crippen molar-refractivity contribution in [1.82, 2.24) is 0 Å². The van der Waals surface area contributed by atoms with E-state index in [-0.39, 0.29) is 16.8 Å². The predicted octanol–water partition coefficient (Wildman–Crippen LogP) is 3.57. The van der Waals surface area contributed by atoms with Gasteiger partial charge in [-0.3, -0.25) is 14.9 Å². The Morgan fingerprint density at radius 1 is 1.12 bits per heavy atom. The van der Waals surface area contributed by atoms with Crippen LogP contribution in [0, 0.1) is 24.0 Å². The largest absolute Gasteiger partial charge is 0.417 e. The SMILES string of the molecule is Cc1cccc(C)c1NC(=O)c1cc2ccc([N+](=O)[O-])cc2c(=O)o1. The molecule has 0 atom stereocenters. The molecule has 7 heteroatoms. The first-order valence-corrected chi connectivity index (χ1v) is 7.46. The number of nitrogens with one attached hydrogen (secondary N) is 1. The summed E-state index contributed by atoms with van der Waals surface area (Å²) in [6.45, 7) is 3.72. The summed E-state index contributed by atoms with van der Waals surface area (Å²) in [5.41, 5.74) is 1.40. The lowest BCUT2D eigenvalue weighted by molar-refractivity contribution is -0.384. The van der Waals surface area contributed by atoms with Crippen molar-refractivity contribution >= 4 is 28.1 Å². The van der Waals surface area contributed by atoms with Gasteiger partial charge in [0.05, 0.1) is 10.3 Å². The van der Waals surface area contributed by atoms with Crippen LogP contribution in [0.3, 0.4) is 0 Å². The van der Waals surface area contributed by atoms with Crippen LogP contribution in [0.2, 0.25) is 0 Å². The predicted molar refractivity (Wildman–Crippen MR) is 93.0 cm³/mol. The van der Waals surface area contributed by atoms with E-state index in [9.17, 15) is 19.7 Å². The van der Waals surface area contributed by atoms with Crippen molar-refractivity contribution < 1.29 is 14.1 Å². The number of anilines is 1. The van der Waals surface area contributed by atoms with Gasteiger partial charge in [-0.05, 0) is 42.5 Å². The molecule has 0 bridgehead atoms. The smallest absolute Gasteiger partial charge is 0.344 e. The minimum atomic E-state index is -0.798. The van der Waals surface area contributed by atoms with Crippen LogP contribution in [-0.2, 0) is 0 Å². The van der Waals surface area contributed by atoms with Crippen molar-refractivity contribution in [3.05, 3.63) is 79.9 Å². The third-order valence-electron chi connectivity index (χ3n) is 3.90. The number of hydrogen-bond donors (Lipinski definition) is 1. The molecule has 1 aromatic heterocycles. The number of aryl methyl sites for hydroxylation is 2. The van der Waals surface area contributed by atoms with E-state index in [2.05, 4.69) is 5.32 Å². The highest BCUT2D eigenvalue weighted by Crippen LogP contribution is 2.22. The van der Waals surface area contributed by atoms with Gasteiger partial charge in [-0.2, -0.15) is 0 Å². The van der Waals surface area contributed by atoms with Gasteiger partial charge in [0.2, 0.25) is 0 Å². The maximum atomic E-state index is 12.4. The minimum absolute atomic E-state index is 0.0535. The Kier molecular flexibility index (Phi) is 4.06. The molecule has 7 nitrogen and oxygen atoms in total. The Hall–Kier alpha value is -3.48. The van der Waals surface area contributed by atoms with Crippen LogP contribution in [0.15, 0.2) is 51.7 Å². The van der Waals surface area contributed by atoms with Crippen molar-refractivity contribution in [2.24, 2.45) is 0 Å². The second kappa shape index (κ2) is 6.20. The molecular formula is C18H14N2O5. The van der Waals surface area contributed by atoms with E-state index in [1.165, 1.54) is 18.2 Å². The fraction of sp³-hybridized carbons (Fsp3) is 0.111. The van der Waals surface area contributed by atoms with Crippen LogP contribution < -0.4 is 10.9 Å². The monoisotopic (exact) mass is 338 g/mol. The Labute approximate surface area is 142 Å². The van der Waals surface area contributed by atoms with E-state index in [0.29, 0.717) is 11.1 Å². The summed E-state index contributed by atoms with van der Waals surface area (Å²) in [6, 6.07) is 10.8. The van der Waals surface area contributed by atoms with Crippen LogP contribution in [0.25, 0.3) is 10.8 Å². The van der Waals surface area contributed by atoms with E-state index >= 15 is 0 Å². The molecule has 1 heterocycles. The summed E-state index contributed by atoms with van der Waals surface area (Å²) in [5.74, 6) is -0.719. The molecule has 0 aliphatic rings. The van der Waals surface area contributed by atoms with Crippen LogP contribution in [0.5, 0.6) is 0 Å². The van der Waals surface area contributed by atoms with Crippen LogP contribution in [0.1, 0.15) is 21.7 Å². The van der Waals surface area contributed by atoms with E-state index in [1.54, 1.807) is 0 Å². The number of fused-ring (bicyclic) bond motifs is 1. The third kappa shape index (κ3) is 3.12. The van der Waals surface area contributed by atoms with Gasteiger partial charge in [0.1, 0.15) is 0 Å². The van der Waals surface area contributed by atoms with Crippen LogP contribution in [0.4, 0.5) is 11.4 Å². The van der Waals surface area contributed by atoms with E-state index < -0.39 is 16.5 Å². The molecule has 2 aromatic carbocycles. The molecule has 0 spiro atoms. The van der Waals surface area contributed by atoms with E-state index in [0.717, 1.165) is 17.2 Å². The van der Waals surface area contributed by atoms with Gasteiger partial charge in [-0.1, -0.05) is 18.2 Å². The maximum absolute atomic E-state index is 12.4. The lowest BCUT2D eigenvalue weighted by atomic mass is 10.1. The zero-order valence-electron chi connectivity index (χ0n) is 13.5. The standard InChI is InChI=1S/C18H14N2O5/c1-10-4-3-5-11(2)16(10)19-17(21)15-8-12-6-7-13(20(23)24)9-14(12)18(22)25-15/h3-9H,1-2H3,(H,19,21). The highest BCUT2D eigenvalue weighted by molar-refractivity contribution is 6.04. The summed E-state index contributed by atoms with van der Waals surface area (Å²) in [7, 11) is 0. The second-order valence-electron chi connectivity index (χ2n) is 5.65. The molecule has 25 heavy (non-hydrogen) atoms. The van der Waals surface area contributed by atoms with Crippen molar-refractivity contribution in [2.45, 2.75) is 13.8 Å². The molecule has 126 valence electrons. The van der Waals surface area contributed by atoms with Gasteiger partial charge in [0, 0.05) is 17.8 Å². The maximum Gasteiger partial charge on any atom is 0.344 e. The minimum Gasteiger partial charge on any atom is -0.417 e. The fourth-order valence-electron chi connectivity index (χ4n) is 2.58. The van der Waals surface area contributed by atoms with Gasteiger partial charge in [0.15, 0.2) is 5.76 Å². The number of nitrogens with zero attached hydrogens (tertiary/aromatic N) is 1. The van der Waals surface area contributed by atoms with Crippen LogP contribution in [-0.4, -0.2) is 10.8 Å². The summed E-state index contributed by atoms with van der Waals surface area (Å²) >= 11 is 0. The highest BCUT2D eigenvalue weighted by Gasteiger charge is 2.16. The van der Waals surface area contributed by atoms with Gasteiger partial charge in [-0.15, -0.1) is 0 Å². The first-order valence-electron chi connectivity index (χ1n) is 7.46. The number of nitro benzene ring substituents is 1. The summed E-state index contributed by atoms with van der Waals surface area (Å²) in [6.07, 6.45) is 0. The average Bonchev–Trinajstić information content (AvgIpc) is 2.57. The molecule has 0 unspecified atom stereocenters. The van der Waals surface area contributed by atoms with Crippen LogP contribution >= 0.6 is 0 Å². The van der Waals surface area contributed by atoms with Gasteiger partial charge in [0.25, 0.3) is 11.6 Å². The summed E-state index contributed by atoms with van der Waals surface area (Å²) in [5, 5.41) is 14.0. The lowest BCUT2D eigenvalue weighted by Crippen LogP contribution is -2.16. The molecule has 0 fully saturated rings. The second-order valence-corrected chi connectivity index (χ2v) is 5.65. The normalized spacial score (nSPS) is 10.6. The van der Waals surface area contributed by atoms with Crippen molar-refractivity contribution in [3.63, 3.8) is 0 Å². The van der Waals surface area contributed by atoms with Crippen molar-refractivity contribution in [1.29, 1.82) is 0 Å². The Morgan fingerprint density at radius 2 is 1.80 bits per heavy atom. The number of amides is 1. The molecule has 1 amide bonds. The topological polar surface area (TPSA) is 102 Å². The Bertz CT molecular complexity index is 1050. The number of non-ortho nitro benzene ring substituents is 1. The summed E-state index contributed by atoms with van der Waals surface area (Å²) in [4.78, 5) is 34.7. The number of hydrogen-bond acceptors (Lipinski definition) is 5. The number of carbonyl (C=O) groups is 1. The first kappa shape index (κ1) is 16.4. The third-order valence-corrected chi connectivity index (χ3v) is 3.90. The highest BCUT2D eigenvalue weighted by atomic mass is 16.6. The molecule has 0 aliphatic heterocycles. The number of para-hydroxylation sites is 1. The van der Waals surface area contributed by atoms with E-state index in [1.807, 2.05) is 32.0 Å². The van der Waals surface area contributed by atoms with Crippen molar-refractivity contribution in [2.75, 3.05) is 5.32 Å². The zero-order chi connectivity index (χ0) is 18.1. The quantitative estimate of drug-likeness (QED) is 0.581. The molecule has 0 saturated heterocycles. The van der Waals surface area contributed by atoms with Crippen molar-refractivity contribution in [3.8, 4) is 0 Å². The van der Waals surface area contributed by atoms with Gasteiger partial charge >= 0.3 is 5.63 Å². The average molecular weight is 338 g/mol. The zero-order valence-corrected chi connectivity index (χ0v) is 13.5. The molecule has 0 saturated carbocycles. The molecular weight excluding hydrogens is 324 g/mol. The molecule has 3 aromatic rings. The molecule has 0 radical (unpaired) electrons. The van der Waals surface area contributed by atoms with Gasteiger partial charge < -0.3 is 9.73 Å². The number of rotatable bonds is 3. The number of benzene rings is 2. The fourth-order valence-corrected chi connectivity index (χ4v) is 2.58. The first-order chi connectivity index (χ1) is 11.9. The summed E-state index contributed by atoms with van der Waals surface area (Å²) < 4.78 is 5.05. The molecule has 3 rings (SSSR count). The number of nitro groups is 1.